The number of H-pyrrole nitrogens is 1. The fourth-order valence-electron chi connectivity index (χ4n) is 2.98. The van der Waals surface area contributed by atoms with Crippen molar-refractivity contribution in [3.05, 3.63) is 46.6 Å². The number of anilines is 1. The molecule has 2 aromatic rings. The molecular weight excluding hydrogens is 308 g/mol. The molecule has 1 aromatic heterocycles. The minimum atomic E-state index is -0.230. The van der Waals surface area contributed by atoms with Crippen LogP contribution in [0.5, 0.6) is 0 Å². The van der Waals surface area contributed by atoms with Gasteiger partial charge < -0.3 is 19.9 Å². The number of nitrogens with zero attached hydrogens (tertiary/aromatic N) is 2. The molecule has 0 bridgehead atoms. The van der Waals surface area contributed by atoms with Crippen molar-refractivity contribution < 1.29 is 9.53 Å². The highest BCUT2D eigenvalue weighted by molar-refractivity contribution is 5.91. The summed E-state index contributed by atoms with van der Waals surface area (Å²) >= 11 is 0. The number of benzene rings is 1. The molecule has 1 fully saturated rings. The number of amides is 2. The normalized spacial score (nSPS) is 17.8. The monoisotopic (exact) mass is 330 g/mol. The summed E-state index contributed by atoms with van der Waals surface area (Å²) in [5.41, 5.74) is 1.80. The molecule has 1 aliphatic rings. The number of hydrogen-bond donors (Lipinski definition) is 2. The summed E-state index contributed by atoms with van der Waals surface area (Å²) in [6, 6.07) is 7.19. The molecule has 128 valence electrons. The summed E-state index contributed by atoms with van der Waals surface area (Å²) in [5, 5.41) is 2.95. The molecule has 3 rings (SSSR count). The summed E-state index contributed by atoms with van der Waals surface area (Å²) in [6.45, 7) is 5.54. The van der Waals surface area contributed by atoms with E-state index in [1.807, 2.05) is 32.0 Å². The first-order valence-corrected chi connectivity index (χ1v) is 8.13. The Hall–Kier alpha value is -2.54. The van der Waals surface area contributed by atoms with Crippen LogP contribution in [0.3, 0.4) is 0 Å². The maximum Gasteiger partial charge on any atom is 0.330 e. The minimum Gasteiger partial charge on any atom is -0.377 e. The van der Waals surface area contributed by atoms with E-state index in [2.05, 4.69) is 10.3 Å². The van der Waals surface area contributed by atoms with Crippen LogP contribution in [-0.2, 0) is 4.74 Å². The Bertz CT molecular complexity index is 780. The van der Waals surface area contributed by atoms with Gasteiger partial charge in [0.2, 0.25) is 0 Å². The van der Waals surface area contributed by atoms with Crippen molar-refractivity contribution in [2.75, 3.05) is 25.1 Å². The van der Waals surface area contributed by atoms with Crippen LogP contribution in [-0.4, -0.2) is 46.3 Å². The highest BCUT2D eigenvalue weighted by atomic mass is 16.5. The highest BCUT2D eigenvalue weighted by Crippen LogP contribution is 2.21. The maximum atomic E-state index is 12.7. The number of nitrogens with one attached hydrogen (secondary N) is 2. The summed E-state index contributed by atoms with van der Waals surface area (Å²) in [4.78, 5) is 29.2. The third kappa shape index (κ3) is 3.07. The van der Waals surface area contributed by atoms with Gasteiger partial charge in [0.05, 0.1) is 30.6 Å². The molecule has 1 unspecified atom stereocenters. The fourth-order valence-corrected chi connectivity index (χ4v) is 2.98. The molecule has 1 atom stereocenters. The molecule has 2 amide bonds. The molecule has 0 aliphatic carbocycles. The van der Waals surface area contributed by atoms with E-state index in [0.717, 1.165) is 12.1 Å². The van der Waals surface area contributed by atoms with Gasteiger partial charge in [-0.3, -0.25) is 4.57 Å². The van der Waals surface area contributed by atoms with Gasteiger partial charge in [-0.25, -0.2) is 9.59 Å². The number of hydrogen-bond acceptors (Lipinski definition) is 3. The van der Waals surface area contributed by atoms with E-state index in [4.69, 9.17) is 4.74 Å². The highest BCUT2D eigenvalue weighted by Gasteiger charge is 2.26. The minimum absolute atomic E-state index is 0.0719. The van der Waals surface area contributed by atoms with Crippen molar-refractivity contribution in [3.63, 3.8) is 0 Å². The predicted octanol–water partition coefficient (Wildman–Crippen LogP) is 2.12. The zero-order valence-electron chi connectivity index (χ0n) is 13.9. The van der Waals surface area contributed by atoms with Gasteiger partial charge in [-0.15, -0.1) is 0 Å². The Morgan fingerprint density at radius 1 is 1.42 bits per heavy atom. The Morgan fingerprint density at radius 3 is 2.92 bits per heavy atom. The molecule has 2 heterocycles. The molecular formula is C17H22N4O3. The van der Waals surface area contributed by atoms with Gasteiger partial charge in [0.25, 0.3) is 0 Å². The van der Waals surface area contributed by atoms with E-state index in [9.17, 15) is 9.59 Å². The SMILES string of the molecule is CCC1COCCN1C(=O)Nc1ccccc1-n1c(C)c[nH]c1=O. The summed E-state index contributed by atoms with van der Waals surface area (Å²) in [7, 11) is 0. The lowest BCUT2D eigenvalue weighted by atomic mass is 10.2. The van der Waals surface area contributed by atoms with Crippen molar-refractivity contribution in [1.29, 1.82) is 0 Å². The fraction of sp³-hybridized carbons (Fsp3) is 0.412. The molecule has 7 nitrogen and oxygen atoms in total. The molecule has 1 aliphatic heterocycles. The van der Waals surface area contributed by atoms with Gasteiger partial charge >= 0.3 is 11.7 Å². The summed E-state index contributed by atoms with van der Waals surface area (Å²) in [5.74, 6) is 0. The Balaban J connectivity index is 1.88. The van der Waals surface area contributed by atoms with E-state index in [0.29, 0.717) is 31.1 Å². The van der Waals surface area contributed by atoms with Crippen molar-refractivity contribution in [2.24, 2.45) is 0 Å². The molecule has 1 aromatic carbocycles. The second-order valence-corrected chi connectivity index (χ2v) is 5.85. The van der Waals surface area contributed by atoms with Gasteiger partial charge in [-0.1, -0.05) is 19.1 Å². The van der Waals surface area contributed by atoms with Crippen LogP contribution in [0.25, 0.3) is 5.69 Å². The standard InChI is InChI=1S/C17H22N4O3/c1-3-13-11-24-9-8-20(13)17(23)19-14-6-4-5-7-15(14)21-12(2)10-18-16(21)22/h4-7,10,13H,3,8-9,11H2,1-2H3,(H,18,22)(H,19,23). The lowest BCUT2D eigenvalue weighted by molar-refractivity contribution is 0.0144. The third-order valence-corrected chi connectivity index (χ3v) is 4.31. The molecule has 2 N–H and O–H groups in total. The van der Waals surface area contributed by atoms with Crippen molar-refractivity contribution in [3.8, 4) is 5.69 Å². The van der Waals surface area contributed by atoms with Crippen molar-refractivity contribution in [2.45, 2.75) is 26.3 Å². The Morgan fingerprint density at radius 2 is 2.21 bits per heavy atom. The van der Waals surface area contributed by atoms with Crippen LogP contribution >= 0.6 is 0 Å². The third-order valence-electron chi connectivity index (χ3n) is 4.31. The molecule has 0 radical (unpaired) electrons. The van der Waals surface area contributed by atoms with Crippen LogP contribution in [0.15, 0.2) is 35.3 Å². The van der Waals surface area contributed by atoms with Crippen LogP contribution in [0.2, 0.25) is 0 Å². The summed E-state index contributed by atoms with van der Waals surface area (Å²) < 4.78 is 6.99. The molecule has 0 spiro atoms. The topological polar surface area (TPSA) is 79.4 Å². The first-order valence-electron chi connectivity index (χ1n) is 8.13. The Kier molecular flexibility index (Phi) is 4.71. The number of imidazole rings is 1. The largest absolute Gasteiger partial charge is 0.377 e. The van der Waals surface area contributed by atoms with Crippen LogP contribution in [0, 0.1) is 6.92 Å². The van der Waals surface area contributed by atoms with E-state index in [1.165, 1.54) is 0 Å². The zero-order chi connectivity index (χ0) is 17.1. The van der Waals surface area contributed by atoms with Gasteiger partial charge in [0.15, 0.2) is 0 Å². The van der Waals surface area contributed by atoms with E-state index >= 15 is 0 Å². The van der Waals surface area contributed by atoms with Gasteiger partial charge in [0, 0.05) is 18.4 Å². The number of para-hydroxylation sites is 2. The van der Waals surface area contributed by atoms with Crippen molar-refractivity contribution in [1.82, 2.24) is 14.5 Å². The first-order chi connectivity index (χ1) is 11.6. The predicted molar refractivity (Wildman–Crippen MR) is 91.7 cm³/mol. The molecule has 0 saturated carbocycles. The average Bonchev–Trinajstić information content (AvgIpc) is 2.94. The Labute approximate surface area is 140 Å². The number of urea groups is 1. The van der Waals surface area contributed by atoms with Crippen LogP contribution < -0.4 is 11.0 Å². The number of aromatic amines is 1. The van der Waals surface area contributed by atoms with E-state index in [1.54, 1.807) is 21.7 Å². The average molecular weight is 330 g/mol. The number of rotatable bonds is 3. The second-order valence-electron chi connectivity index (χ2n) is 5.85. The second kappa shape index (κ2) is 6.92. The number of carbonyl (C=O) groups excluding carboxylic acids is 1. The number of aromatic nitrogens is 2. The number of aryl methyl sites for hydroxylation is 1. The number of morpholine rings is 1. The van der Waals surface area contributed by atoms with Crippen molar-refractivity contribution >= 4 is 11.7 Å². The molecule has 7 heteroatoms. The molecule has 1 saturated heterocycles. The number of carbonyl (C=O) groups is 1. The van der Waals surface area contributed by atoms with Crippen LogP contribution in [0.1, 0.15) is 19.0 Å². The van der Waals surface area contributed by atoms with Crippen LogP contribution in [0.4, 0.5) is 10.5 Å². The van der Waals surface area contributed by atoms with E-state index in [-0.39, 0.29) is 17.8 Å². The smallest absolute Gasteiger partial charge is 0.330 e. The van der Waals surface area contributed by atoms with Gasteiger partial charge in [0.1, 0.15) is 0 Å². The lowest BCUT2D eigenvalue weighted by Gasteiger charge is -2.35. The zero-order valence-corrected chi connectivity index (χ0v) is 13.9. The van der Waals surface area contributed by atoms with Gasteiger partial charge in [-0.05, 0) is 25.5 Å². The molecule has 24 heavy (non-hydrogen) atoms. The quantitative estimate of drug-likeness (QED) is 0.905. The maximum absolute atomic E-state index is 12.7. The van der Waals surface area contributed by atoms with Gasteiger partial charge in [-0.2, -0.15) is 0 Å². The summed E-state index contributed by atoms with van der Waals surface area (Å²) in [6.07, 6.45) is 2.49. The lowest BCUT2D eigenvalue weighted by Crippen LogP contribution is -2.50. The van der Waals surface area contributed by atoms with E-state index < -0.39 is 0 Å². The number of ether oxygens (including phenoxy) is 1. The first kappa shape index (κ1) is 16.3.